The molecule has 1 amide bonds. The normalized spacial score (nSPS) is 16.4. The summed E-state index contributed by atoms with van der Waals surface area (Å²) in [7, 11) is 0. The first-order valence-corrected chi connectivity index (χ1v) is 12.9. The smallest absolute Gasteiger partial charge is 0.411 e. The van der Waals surface area contributed by atoms with Crippen LogP contribution in [0.2, 0.25) is 0 Å². The fourth-order valence-corrected chi connectivity index (χ4v) is 4.96. The maximum Gasteiger partial charge on any atom is 0.411 e. The molecule has 3 N–H and O–H groups in total. The third-order valence-corrected chi connectivity index (χ3v) is 7.37. The number of ether oxygens (including phenoxy) is 2. The number of hydrogen-bond acceptors (Lipinski definition) is 7. The molecule has 2 aliphatic carbocycles. The summed E-state index contributed by atoms with van der Waals surface area (Å²) in [5, 5.41) is 7.64. The van der Waals surface area contributed by atoms with Crippen LogP contribution < -0.4 is 15.8 Å². The Bertz CT molecular complexity index is 1430. The molecule has 1 unspecified atom stereocenters. The zero-order valence-corrected chi connectivity index (χ0v) is 21.1. The molecule has 0 spiro atoms. The van der Waals surface area contributed by atoms with Crippen LogP contribution in [-0.2, 0) is 11.3 Å². The summed E-state index contributed by atoms with van der Waals surface area (Å²) < 4.78 is 18.9. The van der Waals surface area contributed by atoms with Gasteiger partial charge in [0.15, 0.2) is 12.4 Å². The molecule has 2 saturated carbocycles. The highest BCUT2D eigenvalue weighted by atomic mass is 16.6. The third-order valence-electron chi connectivity index (χ3n) is 7.37. The topological polar surface area (TPSA) is 117 Å². The lowest BCUT2D eigenvalue weighted by Gasteiger charge is -2.30. The summed E-state index contributed by atoms with van der Waals surface area (Å²) in [4.78, 5) is 16.5. The molecule has 0 saturated heterocycles. The Morgan fingerprint density at radius 3 is 2.62 bits per heavy atom. The molecule has 1 atom stereocenters. The van der Waals surface area contributed by atoms with E-state index in [1.54, 1.807) is 6.92 Å². The molecule has 0 radical (unpaired) electrons. The van der Waals surface area contributed by atoms with Gasteiger partial charge in [-0.1, -0.05) is 17.3 Å². The van der Waals surface area contributed by atoms with Crippen molar-refractivity contribution in [3.63, 3.8) is 0 Å². The maximum atomic E-state index is 12.3. The Labute approximate surface area is 214 Å². The minimum Gasteiger partial charge on any atom is -0.484 e. The molecule has 6 rings (SSSR count). The van der Waals surface area contributed by atoms with Gasteiger partial charge in [-0.15, -0.1) is 0 Å². The maximum absolute atomic E-state index is 12.3. The van der Waals surface area contributed by atoms with E-state index in [9.17, 15) is 4.79 Å². The van der Waals surface area contributed by atoms with Crippen LogP contribution in [0.1, 0.15) is 56.8 Å². The van der Waals surface area contributed by atoms with Gasteiger partial charge in [-0.2, -0.15) is 4.98 Å². The number of nitrogens with one attached hydrogen (secondary N) is 1. The number of rotatable bonds is 8. The van der Waals surface area contributed by atoms with E-state index in [0.29, 0.717) is 35.1 Å². The fraction of sp³-hybridized carbons (Fsp3) is 0.393. The Kier molecular flexibility index (Phi) is 5.98. The SMILES string of the molecule is Cc1noc(COc2ccc3c(N)c(-c4ccc(NC(=O)OC(C)C5CC5)cc4)n(C4CCC4)c3c2)n1. The Balaban J connectivity index is 1.27. The van der Waals surface area contributed by atoms with E-state index in [1.807, 2.05) is 49.4 Å². The fourth-order valence-electron chi connectivity index (χ4n) is 4.96. The van der Waals surface area contributed by atoms with E-state index in [0.717, 1.165) is 53.5 Å². The van der Waals surface area contributed by atoms with Crippen molar-refractivity contribution in [3.8, 4) is 17.0 Å². The summed E-state index contributed by atoms with van der Waals surface area (Å²) >= 11 is 0. The third kappa shape index (κ3) is 4.73. The van der Waals surface area contributed by atoms with Crippen molar-refractivity contribution in [2.75, 3.05) is 11.1 Å². The number of hydrogen-bond donors (Lipinski definition) is 2. The van der Waals surface area contributed by atoms with Gasteiger partial charge in [-0.05, 0) is 76.1 Å². The lowest BCUT2D eigenvalue weighted by Crippen LogP contribution is -2.21. The van der Waals surface area contributed by atoms with Gasteiger partial charge in [0.1, 0.15) is 11.9 Å². The predicted molar refractivity (Wildman–Crippen MR) is 140 cm³/mol. The van der Waals surface area contributed by atoms with E-state index in [4.69, 9.17) is 19.7 Å². The van der Waals surface area contributed by atoms with Crippen LogP contribution in [0.25, 0.3) is 22.2 Å². The molecule has 0 bridgehead atoms. The summed E-state index contributed by atoms with van der Waals surface area (Å²) in [5.41, 5.74) is 11.2. The number of fused-ring (bicyclic) bond motifs is 1. The van der Waals surface area contributed by atoms with Gasteiger partial charge >= 0.3 is 6.09 Å². The lowest BCUT2D eigenvalue weighted by atomic mass is 9.92. The molecule has 9 heteroatoms. The lowest BCUT2D eigenvalue weighted by molar-refractivity contribution is 0.108. The number of nitrogens with two attached hydrogens (primary N) is 1. The van der Waals surface area contributed by atoms with E-state index >= 15 is 0 Å². The van der Waals surface area contributed by atoms with Crippen molar-refractivity contribution in [1.82, 2.24) is 14.7 Å². The van der Waals surface area contributed by atoms with E-state index in [1.165, 1.54) is 6.42 Å². The van der Waals surface area contributed by atoms with Gasteiger partial charge < -0.3 is 24.3 Å². The molecule has 4 aromatic rings. The summed E-state index contributed by atoms with van der Waals surface area (Å²) in [6.45, 7) is 3.93. The Morgan fingerprint density at radius 2 is 1.97 bits per heavy atom. The Hall–Kier alpha value is -4.01. The molecule has 2 heterocycles. The van der Waals surface area contributed by atoms with Crippen LogP contribution in [0, 0.1) is 12.8 Å². The van der Waals surface area contributed by atoms with Crippen molar-refractivity contribution >= 4 is 28.4 Å². The number of nitrogens with zero attached hydrogens (tertiary/aromatic N) is 3. The number of aryl methyl sites for hydroxylation is 1. The van der Waals surface area contributed by atoms with Gasteiger partial charge in [0.25, 0.3) is 5.89 Å². The average Bonchev–Trinajstić information content (AvgIpc) is 3.57. The molecule has 2 aromatic carbocycles. The monoisotopic (exact) mass is 501 g/mol. The highest BCUT2D eigenvalue weighted by Crippen LogP contribution is 2.45. The minimum absolute atomic E-state index is 0.0535. The number of anilines is 2. The standard InChI is InChI=1S/C28H31N5O4/c1-16(18-6-7-18)36-28(34)31-20-10-8-19(9-11-20)27-26(29)23-13-12-22(35-15-25-30-17(2)32-37-25)14-24(23)33(27)21-4-3-5-21/h8-14,16,18,21H,3-7,15,29H2,1-2H3,(H,31,34). The van der Waals surface area contributed by atoms with Gasteiger partial charge in [0.2, 0.25) is 0 Å². The van der Waals surface area contributed by atoms with Crippen molar-refractivity contribution < 1.29 is 18.8 Å². The molecule has 2 aliphatic rings. The van der Waals surface area contributed by atoms with E-state index < -0.39 is 6.09 Å². The highest BCUT2D eigenvalue weighted by Gasteiger charge is 2.31. The molecule has 0 aliphatic heterocycles. The van der Waals surface area contributed by atoms with Crippen LogP contribution in [0.5, 0.6) is 5.75 Å². The van der Waals surface area contributed by atoms with Crippen molar-refractivity contribution in [2.24, 2.45) is 5.92 Å². The molecular formula is C28H31N5O4. The van der Waals surface area contributed by atoms with Crippen LogP contribution in [0.15, 0.2) is 47.0 Å². The first-order valence-electron chi connectivity index (χ1n) is 12.9. The first kappa shape index (κ1) is 23.4. The molecule has 37 heavy (non-hydrogen) atoms. The highest BCUT2D eigenvalue weighted by molar-refractivity contribution is 6.01. The molecule has 2 fully saturated rings. The minimum atomic E-state index is -0.418. The predicted octanol–water partition coefficient (Wildman–Crippen LogP) is 6.23. The van der Waals surface area contributed by atoms with Crippen LogP contribution in [-0.4, -0.2) is 26.9 Å². The zero-order valence-electron chi connectivity index (χ0n) is 21.1. The number of carbonyl (C=O) groups is 1. The van der Waals surface area contributed by atoms with Crippen LogP contribution in [0.3, 0.4) is 0 Å². The van der Waals surface area contributed by atoms with Crippen LogP contribution >= 0.6 is 0 Å². The second kappa shape index (κ2) is 9.46. The van der Waals surface area contributed by atoms with Crippen molar-refractivity contribution in [3.05, 3.63) is 54.2 Å². The van der Waals surface area contributed by atoms with Crippen molar-refractivity contribution in [2.45, 2.75) is 64.7 Å². The molecule has 192 valence electrons. The summed E-state index contributed by atoms with van der Waals surface area (Å²) in [6, 6.07) is 14.1. The second-order valence-corrected chi connectivity index (χ2v) is 10.1. The Morgan fingerprint density at radius 1 is 1.19 bits per heavy atom. The van der Waals surface area contributed by atoms with Gasteiger partial charge in [0.05, 0.1) is 16.9 Å². The van der Waals surface area contributed by atoms with E-state index in [2.05, 4.69) is 20.0 Å². The molecule has 9 nitrogen and oxygen atoms in total. The van der Waals surface area contributed by atoms with Crippen molar-refractivity contribution in [1.29, 1.82) is 0 Å². The zero-order chi connectivity index (χ0) is 25.5. The van der Waals surface area contributed by atoms with Gasteiger partial charge in [-0.3, -0.25) is 5.32 Å². The second-order valence-electron chi connectivity index (χ2n) is 10.1. The number of aromatic nitrogens is 3. The largest absolute Gasteiger partial charge is 0.484 e. The van der Waals surface area contributed by atoms with Gasteiger partial charge in [0, 0.05) is 28.7 Å². The quantitative estimate of drug-likeness (QED) is 0.294. The number of nitrogen functional groups attached to an aromatic ring is 1. The van der Waals surface area contributed by atoms with Gasteiger partial charge in [-0.25, -0.2) is 4.79 Å². The number of amides is 1. The summed E-state index contributed by atoms with van der Waals surface area (Å²) in [6.07, 6.45) is 5.19. The molecule has 2 aromatic heterocycles. The number of benzene rings is 2. The average molecular weight is 502 g/mol. The van der Waals surface area contributed by atoms with E-state index in [-0.39, 0.29) is 12.7 Å². The summed E-state index contributed by atoms with van der Waals surface area (Å²) in [5.74, 6) is 2.23. The first-order chi connectivity index (χ1) is 18.0. The number of carbonyl (C=O) groups excluding carboxylic acids is 1. The van der Waals surface area contributed by atoms with Crippen LogP contribution in [0.4, 0.5) is 16.2 Å². The molecular weight excluding hydrogens is 470 g/mol.